The van der Waals surface area contributed by atoms with Crippen molar-refractivity contribution in [3.8, 4) is 5.69 Å². The minimum Gasteiger partial charge on any atom is -0.383 e. The second kappa shape index (κ2) is 6.73. The number of halogens is 1. The fourth-order valence-electron chi connectivity index (χ4n) is 3.13. The first-order valence-corrected chi connectivity index (χ1v) is 8.15. The molecule has 1 unspecified atom stereocenters. The zero-order valence-electron chi connectivity index (χ0n) is 14.3. The molecule has 0 fully saturated rings. The van der Waals surface area contributed by atoms with E-state index in [2.05, 4.69) is 5.10 Å². The minimum atomic E-state index is -0.285. The molecule has 3 rings (SSSR count). The maximum Gasteiger partial charge on any atom is 0.274 e. The van der Waals surface area contributed by atoms with Crippen molar-refractivity contribution in [1.29, 1.82) is 0 Å². The number of likely N-dealkylation sites (N-methyl/N-ethyl adjacent to an activating group) is 1. The summed E-state index contributed by atoms with van der Waals surface area (Å²) in [4.78, 5) is 14.5. The second-order valence-electron chi connectivity index (χ2n) is 6.24. The molecule has 1 amide bonds. The molecule has 1 aliphatic carbocycles. The number of aromatic nitrogens is 2. The molecule has 0 N–H and O–H groups in total. The average molecular weight is 331 g/mol. The van der Waals surface area contributed by atoms with Gasteiger partial charge in [0.05, 0.1) is 18.3 Å². The number of fused-ring (bicyclic) bond motifs is 1. The lowest BCUT2D eigenvalue weighted by Crippen LogP contribution is -2.38. The van der Waals surface area contributed by atoms with Gasteiger partial charge in [0.1, 0.15) is 5.82 Å². The van der Waals surface area contributed by atoms with Crippen LogP contribution in [0.4, 0.5) is 4.39 Å². The number of carbonyl (C=O) groups excluding carboxylic acids is 1. The van der Waals surface area contributed by atoms with E-state index in [4.69, 9.17) is 4.74 Å². The summed E-state index contributed by atoms with van der Waals surface area (Å²) in [5, 5.41) is 4.56. The van der Waals surface area contributed by atoms with Crippen molar-refractivity contribution in [2.45, 2.75) is 32.2 Å². The van der Waals surface area contributed by atoms with E-state index in [-0.39, 0.29) is 17.8 Å². The summed E-state index contributed by atoms with van der Waals surface area (Å²) in [5.74, 6) is -0.384. The van der Waals surface area contributed by atoms with Crippen molar-refractivity contribution in [3.05, 3.63) is 47.0 Å². The Bertz CT molecular complexity index is 739. The van der Waals surface area contributed by atoms with E-state index in [0.29, 0.717) is 12.3 Å². The van der Waals surface area contributed by atoms with Gasteiger partial charge < -0.3 is 9.64 Å². The first-order valence-electron chi connectivity index (χ1n) is 8.15. The van der Waals surface area contributed by atoms with Gasteiger partial charge in [0.15, 0.2) is 5.69 Å². The Morgan fingerprint density at radius 2 is 2.08 bits per heavy atom. The van der Waals surface area contributed by atoms with Crippen LogP contribution < -0.4 is 0 Å². The molecule has 0 aliphatic heterocycles. The van der Waals surface area contributed by atoms with Gasteiger partial charge in [0.2, 0.25) is 0 Å². The summed E-state index contributed by atoms with van der Waals surface area (Å²) < 4.78 is 20.1. The molecule has 1 atom stereocenters. The van der Waals surface area contributed by atoms with Gasteiger partial charge in [-0.2, -0.15) is 5.10 Å². The predicted molar refractivity (Wildman–Crippen MR) is 89.0 cm³/mol. The Balaban J connectivity index is 1.97. The third-order valence-electron chi connectivity index (χ3n) is 4.59. The highest BCUT2D eigenvalue weighted by Gasteiger charge is 2.29. The van der Waals surface area contributed by atoms with Gasteiger partial charge in [-0.05, 0) is 50.5 Å². The number of methoxy groups -OCH3 is 1. The van der Waals surface area contributed by atoms with Crippen LogP contribution >= 0.6 is 0 Å². The molecule has 1 aromatic carbocycles. The minimum absolute atomic E-state index is 0.0319. The number of carbonyl (C=O) groups is 1. The fourth-order valence-corrected chi connectivity index (χ4v) is 3.13. The van der Waals surface area contributed by atoms with Gasteiger partial charge in [0.25, 0.3) is 5.91 Å². The van der Waals surface area contributed by atoms with Gasteiger partial charge in [-0.25, -0.2) is 9.07 Å². The molecule has 6 heteroatoms. The third-order valence-corrected chi connectivity index (χ3v) is 4.59. The molecule has 24 heavy (non-hydrogen) atoms. The Kier molecular flexibility index (Phi) is 4.66. The number of nitrogens with zero attached hydrogens (tertiary/aromatic N) is 3. The van der Waals surface area contributed by atoms with E-state index in [9.17, 15) is 9.18 Å². The van der Waals surface area contributed by atoms with Crippen molar-refractivity contribution in [1.82, 2.24) is 14.7 Å². The topological polar surface area (TPSA) is 47.4 Å². The van der Waals surface area contributed by atoms with Crippen molar-refractivity contribution in [3.63, 3.8) is 0 Å². The summed E-state index contributed by atoms with van der Waals surface area (Å²) in [5.41, 5.74) is 3.34. The molecule has 0 saturated heterocycles. The van der Waals surface area contributed by atoms with E-state index < -0.39 is 0 Å². The number of hydrogen-bond donors (Lipinski definition) is 0. The highest BCUT2D eigenvalue weighted by atomic mass is 19.1. The van der Waals surface area contributed by atoms with Crippen molar-refractivity contribution >= 4 is 5.91 Å². The maximum absolute atomic E-state index is 13.2. The lowest BCUT2D eigenvalue weighted by molar-refractivity contribution is 0.0626. The quantitative estimate of drug-likeness (QED) is 0.846. The lowest BCUT2D eigenvalue weighted by atomic mass is 10.1. The van der Waals surface area contributed by atoms with E-state index in [1.807, 2.05) is 6.92 Å². The molecule has 0 saturated carbocycles. The number of rotatable bonds is 5. The molecule has 2 aromatic rings. The van der Waals surface area contributed by atoms with Gasteiger partial charge >= 0.3 is 0 Å². The Morgan fingerprint density at radius 3 is 2.75 bits per heavy atom. The van der Waals surface area contributed by atoms with Crippen LogP contribution in [0.15, 0.2) is 24.3 Å². The largest absolute Gasteiger partial charge is 0.383 e. The SMILES string of the molecule is COCC(C)N(C)C(=O)c1nn(-c2ccc(F)cc2)c2c1CCC2. The van der Waals surface area contributed by atoms with Crippen molar-refractivity contribution < 1.29 is 13.9 Å². The van der Waals surface area contributed by atoms with Crippen LogP contribution in [0.25, 0.3) is 5.69 Å². The highest BCUT2D eigenvalue weighted by Crippen LogP contribution is 2.28. The van der Waals surface area contributed by atoms with Crippen molar-refractivity contribution in [2.24, 2.45) is 0 Å². The average Bonchev–Trinajstić information content (AvgIpc) is 3.17. The van der Waals surface area contributed by atoms with Crippen LogP contribution in [0.1, 0.15) is 35.1 Å². The first-order chi connectivity index (χ1) is 11.5. The van der Waals surface area contributed by atoms with E-state index >= 15 is 0 Å². The van der Waals surface area contributed by atoms with Crippen LogP contribution in [0.5, 0.6) is 0 Å². The van der Waals surface area contributed by atoms with Gasteiger partial charge in [-0.3, -0.25) is 4.79 Å². The summed E-state index contributed by atoms with van der Waals surface area (Å²) >= 11 is 0. The number of hydrogen-bond acceptors (Lipinski definition) is 3. The normalized spacial score (nSPS) is 14.5. The Morgan fingerprint density at radius 1 is 1.38 bits per heavy atom. The zero-order valence-corrected chi connectivity index (χ0v) is 14.3. The second-order valence-corrected chi connectivity index (χ2v) is 6.24. The van der Waals surface area contributed by atoms with E-state index in [1.54, 1.807) is 35.9 Å². The number of amides is 1. The fraction of sp³-hybridized carbons (Fsp3) is 0.444. The molecule has 5 nitrogen and oxygen atoms in total. The van der Waals surface area contributed by atoms with Crippen LogP contribution in [-0.4, -0.2) is 47.4 Å². The molecule has 0 radical (unpaired) electrons. The van der Waals surface area contributed by atoms with E-state index in [1.165, 1.54) is 12.1 Å². The van der Waals surface area contributed by atoms with Gasteiger partial charge in [-0.1, -0.05) is 0 Å². The van der Waals surface area contributed by atoms with E-state index in [0.717, 1.165) is 36.2 Å². The van der Waals surface area contributed by atoms with Gasteiger partial charge in [0, 0.05) is 25.4 Å². The Labute approximate surface area is 141 Å². The third kappa shape index (κ3) is 2.94. The number of ether oxygens (including phenoxy) is 1. The molecule has 1 aromatic heterocycles. The molecule has 1 heterocycles. The molecule has 1 aliphatic rings. The zero-order chi connectivity index (χ0) is 17.3. The molecule has 0 spiro atoms. The summed E-state index contributed by atoms with van der Waals surface area (Å²) in [6.45, 7) is 2.42. The van der Waals surface area contributed by atoms with Crippen LogP contribution in [0.2, 0.25) is 0 Å². The number of benzene rings is 1. The monoisotopic (exact) mass is 331 g/mol. The summed E-state index contributed by atoms with van der Waals surface area (Å²) in [7, 11) is 3.39. The molecule has 0 bridgehead atoms. The molecular weight excluding hydrogens is 309 g/mol. The lowest BCUT2D eigenvalue weighted by Gasteiger charge is -2.23. The highest BCUT2D eigenvalue weighted by molar-refractivity contribution is 5.94. The molecular formula is C18H22FN3O2. The smallest absolute Gasteiger partial charge is 0.274 e. The van der Waals surface area contributed by atoms with Crippen LogP contribution in [-0.2, 0) is 17.6 Å². The van der Waals surface area contributed by atoms with Crippen LogP contribution in [0.3, 0.4) is 0 Å². The van der Waals surface area contributed by atoms with Gasteiger partial charge in [-0.15, -0.1) is 0 Å². The Hall–Kier alpha value is -2.21. The maximum atomic E-state index is 13.2. The summed E-state index contributed by atoms with van der Waals surface area (Å²) in [6, 6.07) is 6.16. The summed E-state index contributed by atoms with van der Waals surface area (Å²) in [6.07, 6.45) is 2.74. The van der Waals surface area contributed by atoms with Crippen molar-refractivity contribution in [2.75, 3.05) is 20.8 Å². The predicted octanol–water partition coefficient (Wildman–Crippen LogP) is 2.61. The standard InChI is InChI=1S/C18H22FN3O2/c1-12(11-24-3)21(2)18(23)17-15-5-4-6-16(15)22(20-17)14-9-7-13(19)8-10-14/h7-10,12H,4-6,11H2,1-3H3. The molecule has 128 valence electrons. The van der Waals surface area contributed by atoms with Crippen LogP contribution in [0, 0.1) is 5.82 Å². The first kappa shape index (κ1) is 16.6.